The van der Waals surface area contributed by atoms with Gasteiger partial charge in [0.15, 0.2) is 0 Å². The smallest absolute Gasteiger partial charge is 0.0571 e. The lowest BCUT2D eigenvalue weighted by atomic mass is 9.80. The van der Waals surface area contributed by atoms with E-state index in [0.717, 1.165) is 11.2 Å². The lowest BCUT2D eigenvalue weighted by molar-refractivity contribution is 1.17. The molecule has 1 aliphatic carbocycles. The van der Waals surface area contributed by atoms with Crippen LogP contribution in [0.3, 0.4) is 0 Å². The van der Waals surface area contributed by atoms with Crippen LogP contribution >= 0.6 is 0 Å². The molecule has 2 heteroatoms. The van der Waals surface area contributed by atoms with Crippen molar-refractivity contribution in [3.05, 3.63) is 158 Å². The zero-order valence-corrected chi connectivity index (χ0v) is 23.4. The van der Waals surface area contributed by atoms with Crippen molar-refractivity contribution in [2.24, 2.45) is 0 Å². The Bertz CT molecular complexity index is 2300. The summed E-state index contributed by atoms with van der Waals surface area (Å²) in [5.41, 5.74) is 16.0. The highest BCUT2D eigenvalue weighted by Crippen LogP contribution is 2.48. The second-order valence-electron chi connectivity index (χ2n) is 11.2. The summed E-state index contributed by atoms with van der Waals surface area (Å²) in [7, 11) is 0. The van der Waals surface area contributed by atoms with Gasteiger partial charge in [0.25, 0.3) is 0 Å². The van der Waals surface area contributed by atoms with Crippen LogP contribution in [0.2, 0.25) is 0 Å². The van der Waals surface area contributed by atoms with Gasteiger partial charge in [0.2, 0.25) is 0 Å². The highest BCUT2D eigenvalue weighted by Gasteiger charge is 2.22. The van der Waals surface area contributed by atoms with Gasteiger partial charge in [0.05, 0.1) is 11.0 Å². The summed E-state index contributed by atoms with van der Waals surface area (Å²) >= 11 is 0. The molecule has 0 N–H and O–H groups in total. The predicted octanol–water partition coefficient (Wildman–Crippen LogP) is 10.8. The minimum absolute atomic E-state index is 1.14. The van der Waals surface area contributed by atoms with Crippen molar-refractivity contribution >= 4 is 21.8 Å². The SMILES string of the molecule is c1cc(-c2ccc3c(c2)-c2ccccc2-c2ccccc2-c2ccccc2-3)cc(-n2c3ccccc3c3cnccc32)c1. The minimum Gasteiger partial charge on any atom is -0.309 e. The standard InChI is InChI=1S/C41H26N2/c1-2-13-31-30(12-1)32-14-3-4-16-34(32)36-21-20-28(25-38(36)35-17-6-5-15-33(31)35)27-10-9-11-29(24-27)43-40-19-8-7-18-37(40)39-26-42-23-22-41(39)43/h1-26H. The Morgan fingerprint density at radius 1 is 0.372 bits per heavy atom. The second-order valence-corrected chi connectivity index (χ2v) is 11.2. The van der Waals surface area contributed by atoms with Gasteiger partial charge in [-0.05, 0) is 86.0 Å². The molecule has 0 radical (unpaired) electrons. The molecule has 9 rings (SSSR count). The van der Waals surface area contributed by atoms with Crippen LogP contribution < -0.4 is 0 Å². The molecule has 6 aromatic carbocycles. The molecule has 0 saturated carbocycles. The first kappa shape index (κ1) is 23.9. The number of hydrogen-bond donors (Lipinski definition) is 0. The molecule has 43 heavy (non-hydrogen) atoms. The molecule has 0 bridgehead atoms. The predicted molar refractivity (Wildman–Crippen MR) is 179 cm³/mol. The van der Waals surface area contributed by atoms with Gasteiger partial charge in [0, 0.05) is 28.9 Å². The van der Waals surface area contributed by atoms with E-state index in [1.165, 1.54) is 71.9 Å². The number of hydrogen-bond acceptors (Lipinski definition) is 1. The van der Waals surface area contributed by atoms with Gasteiger partial charge in [-0.1, -0.05) is 115 Å². The molecule has 0 saturated heterocycles. The number of rotatable bonds is 2. The summed E-state index contributed by atoms with van der Waals surface area (Å²) in [5, 5.41) is 2.38. The van der Waals surface area contributed by atoms with Crippen molar-refractivity contribution in [1.29, 1.82) is 0 Å². The van der Waals surface area contributed by atoms with Crippen LogP contribution in [-0.2, 0) is 0 Å². The minimum atomic E-state index is 1.14. The van der Waals surface area contributed by atoms with E-state index in [1.807, 2.05) is 12.4 Å². The zero-order chi connectivity index (χ0) is 28.3. The maximum Gasteiger partial charge on any atom is 0.0571 e. The Balaban J connectivity index is 1.27. The van der Waals surface area contributed by atoms with Crippen LogP contribution in [0.15, 0.2) is 158 Å². The number of nitrogens with zero attached hydrogens (tertiary/aromatic N) is 2. The van der Waals surface area contributed by atoms with Crippen molar-refractivity contribution in [3.8, 4) is 61.3 Å². The molecular weight excluding hydrogens is 520 g/mol. The van der Waals surface area contributed by atoms with E-state index in [1.54, 1.807) is 0 Å². The molecule has 0 atom stereocenters. The van der Waals surface area contributed by atoms with Gasteiger partial charge >= 0.3 is 0 Å². The average molecular weight is 547 g/mol. The lowest BCUT2D eigenvalue weighted by Crippen LogP contribution is -1.97. The van der Waals surface area contributed by atoms with Crippen molar-refractivity contribution < 1.29 is 0 Å². The molecule has 2 nitrogen and oxygen atoms in total. The Kier molecular flexibility index (Phi) is 5.23. The highest BCUT2D eigenvalue weighted by molar-refractivity contribution is 6.09. The summed E-state index contributed by atoms with van der Waals surface area (Å²) in [4.78, 5) is 4.43. The van der Waals surface area contributed by atoms with E-state index >= 15 is 0 Å². The van der Waals surface area contributed by atoms with E-state index in [2.05, 4.69) is 155 Å². The van der Waals surface area contributed by atoms with Crippen molar-refractivity contribution in [3.63, 3.8) is 0 Å². The first-order valence-electron chi connectivity index (χ1n) is 14.7. The monoisotopic (exact) mass is 546 g/mol. The first-order chi connectivity index (χ1) is 21.3. The number of para-hydroxylation sites is 1. The molecule has 1 aliphatic rings. The number of pyridine rings is 1. The maximum atomic E-state index is 4.43. The molecule has 0 unspecified atom stereocenters. The molecule has 8 aromatic rings. The Morgan fingerprint density at radius 3 is 1.58 bits per heavy atom. The Morgan fingerprint density at radius 2 is 0.907 bits per heavy atom. The van der Waals surface area contributed by atoms with Crippen LogP contribution in [0, 0.1) is 0 Å². The van der Waals surface area contributed by atoms with E-state index < -0.39 is 0 Å². The normalized spacial score (nSPS) is 11.7. The van der Waals surface area contributed by atoms with Gasteiger partial charge < -0.3 is 4.57 Å². The third kappa shape index (κ3) is 3.63. The Hall–Kier alpha value is -5.73. The largest absolute Gasteiger partial charge is 0.309 e. The molecule has 200 valence electrons. The van der Waals surface area contributed by atoms with E-state index in [-0.39, 0.29) is 0 Å². The van der Waals surface area contributed by atoms with Crippen LogP contribution in [0.5, 0.6) is 0 Å². The van der Waals surface area contributed by atoms with Crippen LogP contribution in [0.1, 0.15) is 0 Å². The number of fused-ring (bicyclic) bond motifs is 11. The molecule has 0 spiro atoms. The summed E-state index contributed by atoms with van der Waals surface area (Å²) < 4.78 is 2.35. The third-order valence-electron chi connectivity index (χ3n) is 8.87. The van der Waals surface area contributed by atoms with E-state index in [4.69, 9.17) is 0 Å². The summed E-state index contributed by atoms with van der Waals surface area (Å²) in [5.74, 6) is 0. The molecule has 2 heterocycles. The topological polar surface area (TPSA) is 17.8 Å². The fourth-order valence-electron chi connectivity index (χ4n) is 6.96. The average Bonchev–Trinajstić information content (AvgIpc) is 3.42. The fraction of sp³-hybridized carbons (Fsp3) is 0. The summed E-state index contributed by atoms with van der Waals surface area (Å²) in [6, 6.07) is 53.0. The second kappa shape index (κ2) is 9.40. The van der Waals surface area contributed by atoms with Gasteiger partial charge in [-0.25, -0.2) is 0 Å². The molecule has 2 aromatic heterocycles. The number of aromatic nitrogens is 2. The van der Waals surface area contributed by atoms with Crippen LogP contribution in [0.25, 0.3) is 83.1 Å². The lowest BCUT2D eigenvalue weighted by Gasteiger charge is -2.23. The quantitative estimate of drug-likeness (QED) is 0.211. The zero-order valence-electron chi connectivity index (χ0n) is 23.4. The van der Waals surface area contributed by atoms with Crippen LogP contribution in [-0.4, -0.2) is 9.55 Å². The van der Waals surface area contributed by atoms with Crippen molar-refractivity contribution in [1.82, 2.24) is 9.55 Å². The fourth-order valence-corrected chi connectivity index (χ4v) is 6.96. The molecule has 0 aliphatic heterocycles. The maximum absolute atomic E-state index is 4.43. The number of benzene rings is 6. The molecule has 0 amide bonds. The molecule has 0 fully saturated rings. The molecular formula is C41H26N2. The van der Waals surface area contributed by atoms with Gasteiger partial charge in [-0.2, -0.15) is 0 Å². The first-order valence-corrected chi connectivity index (χ1v) is 14.7. The van der Waals surface area contributed by atoms with E-state index in [9.17, 15) is 0 Å². The third-order valence-corrected chi connectivity index (χ3v) is 8.87. The van der Waals surface area contributed by atoms with Gasteiger partial charge in [0.1, 0.15) is 0 Å². The highest BCUT2D eigenvalue weighted by atomic mass is 15.0. The van der Waals surface area contributed by atoms with Crippen molar-refractivity contribution in [2.75, 3.05) is 0 Å². The summed E-state index contributed by atoms with van der Waals surface area (Å²) in [6.07, 6.45) is 3.85. The summed E-state index contributed by atoms with van der Waals surface area (Å²) in [6.45, 7) is 0. The van der Waals surface area contributed by atoms with Gasteiger partial charge in [-0.15, -0.1) is 0 Å². The van der Waals surface area contributed by atoms with Gasteiger partial charge in [-0.3, -0.25) is 4.98 Å². The van der Waals surface area contributed by atoms with E-state index in [0.29, 0.717) is 0 Å². The Labute approximate surface area is 250 Å². The van der Waals surface area contributed by atoms with Crippen LogP contribution in [0.4, 0.5) is 0 Å². The van der Waals surface area contributed by atoms with Crippen molar-refractivity contribution in [2.45, 2.75) is 0 Å².